The van der Waals surface area contributed by atoms with E-state index in [9.17, 15) is 0 Å². The molecule has 0 aliphatic carbocycles. The highest BCUT2D eigenvalue weighted by molar-refractivity contribution is 7.79. The lowest BCUT2D eigenvalue weighted by molar-refractivity contribution is -0.0517. The molecule has 2 N–H and O–H groups in total. The summed E-state index contributed by atoms with van der Waals surface area (Å²) in [6, 6.07) is 0. The normalized spacial score (nSPS) is 11.3. The van der Waals surface area contributed by atoms with Gasteiger partial charge in [0.15, 0.2) is 10.8 Å². The number of imidazole rings is 1. The summed E-state index contributed by atoms with van der Waals surface area (Å²) in [5.74, 6) is 0.0467. The second kappa shape index (κ2) is 24.2. The molecule has 2 heterocycles. The third kappa shape index (κ3) is 16.9. The Morgan fingerprint density at radius 2 is 1.23 bits per heavy atom. The average Bonchev–Trinajstić information content (AvgIpc) is 3.42. The number of fused-ring (bicyclic) bond motifs is 1. The maximum atomic E-state index is 6.15. The second-order valence-electron chi connectivity index (χ2n) is 10.9. The lowest BCUT2D eigenvalue weighted by Crippen LogP contribution is -2.29. The summed E-state index contributed by atoms with van der Waals surface area (Å²) in [6.45, 7) is 5.79. The molecule has 0 aromatic carbocycles. The van der Waals surface area contributed by atoms with Gasteiger partial charge in [-0.15, -0.1) is 0 Å². The summed E-state index contributed by atoms with van der Waals surface area (Å²) >= 11 is 16.7. The number of nitrogens with two attached hydrogens (primary N) is 1. The molecule has 0 fully saturated rings. The zero-order valence-corrected chi connectivity index (χ0v) is 29.0. The van der Waals surface area contributed by atoms with E-state index in [0.29, 0.717) is 24.4 Å². The quantitative estimate of drug-likeness (QED) is 0.0623. The summed E-state index contributed by atoms with van der Waals surface area (Å²) in [5, 5.41) is 0.332. The van der Waals surface area contributed by atoms with Gasteiger partial charge in [-0.1, -0.05) is 115 Å². The molecule has 0 amide bonds. The first-order valence-corrected chi connectivity index (χ1v) is 17.5. The minimum atomic E-state index is -0.545. The van der Waals surface area contributed by atoms with E-state index in [2.05, 4.69) is 28.8 Å². The first-order chi connectivity index (χ1) is 21.4. The van der Waals surface area contributed by atoms with Crippen molar-refractivity contribution in [1.82, 2.24) is 19.5 Å². The molecule has 0 unspecified atom stereocenters. The summed E-state index contributed by atoms with van der Waals surface area (Å²) in [5.41, 5.74) is 6.65. The SMILES string of the molecule is CCCCCCCCCCOC(=S)OCC(COC(=S)OCCCCCCCCCC)OCn1cnc2c(Cl)nc(N)nc21. The highest BCUT2D eigenvalue weighted by Crippen LogP contribution is 2.20. The van der Waals surface area contributed by atoms with Crippen molar-refractivity contribution >= 4 is 63.6 Å². The highest BCUT2D eigenvalue weighted by atomic mass is 35.5. The van der Waals surface area contributed by atoms with Crippen molar-refractivity contribution in [3.8, 4) is 0 Å². The van der Waals surface area contributed by atoms with Gasteiger partial charge in [0.1, 0.15) is 31.6 Å². The van der Waals surface area contributed by atoms with Crippen LogP contribution in [0.25, 0.3) is 11.2 Å². The van der Waals surface area contributed by atoms with Crippen molar-refractivity contribution in [2.45, 2.75) is 129 Å². The van der Waals surface area contributed by atoms with Crippen LogP contribution in [-0.4, -0.2) is 62.5 Å². The van der Waals surface area contributed by atoms with E-state index >= 15 is 0 Å². The van der Waals surface area contributed by atoms with Crippen LogP contribution in [0.5, 0.6) is 0 Å². The van der Waals surface area contributed by atoms with Crippen LogP contribution in [0, 0.1) is 0 Å². The van der Waals surface area contributed by atoms with E-state index in [0.717, 1.165) is 25.7 Å². The molecule has 0 aliphatic heterocycles. The van der Waals surface area contributed by atoms with Gasteiger partial charge >= 0.3 is 10.5 Å². The van der Waals surface area contributed by atoms with Crippen LogP contribution in [-0.2, 0) is 30.4 Å². The average molecular weight is 674 g/mol. The molecule has 0 radical (unpaired) electrons. The summed E-state index contributed by atoms with van der Waals surface area (Å²) in [6.07, 6.45) is 20.5. The number of hydrogen-bond donors (Lipinski definition) is 1. The Morgan fingerprint density at radius 3 is 1.73 bits per heavy atom. The van der Waals surface area contributed by atoms with Crippen molar-refractivity contribution in [1.29, 1.82) is 0 Å². The standard InChI is InChI=1S/C31H52ClN5O5S2/c1-3-5-7-9-11-13-15-17-19-38-30(43)40-21-25(22-41-31(44)39-20-18-16-14-12-10-8-6-4-2)42-24-37-23-34-26-27(32)35-29(33)36-28(26)37/h23,25H,3-22,24H2,1-2H3,(H2,33,35,36). The van der Waals surface area contributed by atoms with E-state index in [1.807, 2.05) is 0 Å². The first kappa shape index (κ1) is 38.2. The Labute approximate surface area is 279 Å². The van der Waals surface area contributed by atoms with E-state index < -0.39 is 6.10 Å². The molecule has 0 aliphatic rings. The van der Waals surface area contributed by atoms with Crippen molar-refractivity contribution in [2.75, 3.05) is 32.2 Å². The zero-order valence-electron chi connectivity index (χ0n) is 26.6. The molecule has 0 bridgehead atoms. The monoisotopic (exact) mass is 673 g/mol. The number of nitrogen functional groups attached to an aromatic ring is 1. The van der Waals surface area contributed by atoms with Crippen molar-refractivity contribution in [3.63, 3.8) is 0 Å². The Morgan fingerprint density at radius 1 is 0.750 bits per heavy atom. The van der Waals surface area contributed by atoms with Gasteiger partial charge in [-0.3, -0.25) is 4.57 Å². The lowest BCUT2D eigenvalue weighted by atomic mass is 10.1. The Kier molecular flexibility index (Phi) is 21.0. The molecule has 0 spiro atoms. The van der Waals surface area contributed by atoms with E-state index in [1.165, 1.54) is 77.0 Å². The summed E-state index contributed by atoms with van der Waals surface area (Å²) < 4.78 is 30.3. The molecular formula is C31H52ClN5O5S2. The second-order valence-corrected chi connectivity index (χ2v) is 12.0. The number of unbranched alkanes of at least 4 members (excludes halogenated alkanes) is 14. The highest BCUT2D eigenvalue weighted by Gasteiger charge is 2.17. The molecule has 2 aromatic heterocycles. The van der Waals surface area contributed by atoms with E-state index in [-0.39, 0.29) is 41.5 Å². The topological polar surface area (TPSA) is 116 Å². The molecule has 0 atom stereocenters. The number of nitrogens with zero attached hydrogens (tertiary/aromatic N) is 4. The van der Waals surface area contributed by atoms with Gasteiger partial charge in [0, 0.05) is 24.4 Å². The van der Waals surface area contributed by atoms with Gasteiger partial charge in [0.25, 0.3) is 0 Å². The van der Waals surface area contributed by atoms with Crippen molar-refractivity contribution < 1.29 is 23.7 Å². The summed E-state index contributed by atoms with van der Waals surface area (Å²) in [7, 11) is 0. The number of halogens is 1. The number of rotatable bonds is 25. The van der Waals surface area contributed by atoms with Gasteiger partial charge in [-0.2, -0.15) is 9.97 Å². The number of thiocarbonyl (C=S) groups is 2. The lowest BCUT2D eigenvalue weighted by Gasteiger charge is -2.20. The van der Waals surface area contributed by atoms with Crippen molar-refractivity contribution in [3.05, 3.63) is 11.5 Å². The molecule has 44 heavy (non-hydrogen) atoms. The maximum Gasteiger partial charge on any atom is 0.352 e. The number of aromatic nitrogens is 4. The fourth-order valence-corrected chi connectivity index (χ4v) is 5.06. The van der Waals surface area contributed by atoms with Crippen LogP contribution >= 0.6 is 36.0 Å². The van der Waals surface area contributed by atoms with Crippen LogP contribution in [0.2, 0.25) is 5.15 Å². The Hall–Kier alpha value is -2.02. The minimum absolute atomic E-state index is 0.0467. The van der Waals surface area contributed by atoms with Gasteiger partial charge in [0.05, 0.1) is 19.5 Å². The molecule has 10 nitrogen and oxygen atoms in total. The number of anilines is 1. The van der Waals surface area contributed by atoms with E-state index in [4.69, 9.17) is 65.5 Å². The van der Waals surface area contributed by atoms with Crippen LogP contribution in [0.3, 0.4) is 0 Å². The number of ether oxygens (including phenoxy) is 5. The van der Waals surface area contributed by atoms with Crippen LogP contribution in [0.15, 0.2) is 6.33 Å². The van der Waals surface area contributed by atoms with E-state index in [1.54, 1.807) is 10.9 Å². The van der Waals surface area contributed by atoms with Gasteiger partial charge < -0.3 is 29.4 Å². The fraction of sp³-hybridized carbons (Fsp3) is 0.774. The Bertz CT molecular complexity index is 1040. The Balaban J connectivity index is 1.75. The van der Waals surface area contributed by atoms with Gasteiger partial charge in [0.2, 0.25) is 5.95 Å². The van der Waals surface area contributed by atoms with Crippen LogP contribution < -0.4 is 5.73 Å². The molecule has 2 rings (SSSR count). The number of hydrogen-bond acceptors (Lipinski definition) is 11. The molecule has 0 saturated heterocycles. The minimum Gasteiger partial charge on any atom is -0.457 e. The third-order valence-corrected chi connectivity index (χ3v) is 7.83. The largest absolute Gasteiger partial charge is 0.457 e. The first-order valence-electron chi connectivity index (χ1n) is 16.3. The van der Waals surface area contributed by atoms with Crippen LogP contribution in [0.1, 0.15) is 117 Å². The maximum absolute atomic E-state index is 6.15. The van der Waals surface area contributed by atoms with Gasteiger partial charge in [-0.05, 0) is 12.8 Å². The fourth-order valence-electron chi connectivity index (χ4n) is 4.54. The molecular weight excluding hydrogens is 622 g/mol. The van der Waals surface area contributed by atoms with Crippen molar-refractivity contribution in [2.24, 2.45) is 0 Å². The van der Waals surface area contributed by atoms with Gasteiger partial charge in [-0.25, -0.2) is 4.98 Å². The molecule has 250 valence electrons. The molecule has 0 saturated carbocycles. The predicted molar refractivity (Wildman–Crippen MR) is 184 cm³/mol. The third-order valence-electron chi connectivity index (χ3n) is 7.10. The molecule has 13 heteroatoms. The predicted octanol–water partition coefficient (Wildman–Crippen LogP) is 8.32. The smallest absolute Gasteiger partial charge is 0.352 e. The summed E-state index contributed by atoms with van der Waals surface area (Å²) in [4.78, 5) is 12.4. The molecule has 2 aromatic rings. The van der Waals surface area contributed by atoms with Crippen LogP contribution in [0.4, 0.5) is 5.95 Å². The zero-order chi connectivity index (χ0) is 31.8.